The van der Waals surface area contributed by atoms with Gasteiger partial charge in [0.25, 0.3) is 5.91 Å². The number of thiophene rings is 1. The van der Waals surface area contributed by atoms with Gasteiger partial charge in [0.2, 0.25) is 0 Å². The molecule has 1 fully saturated rings. The number of hydrogen-bond donors (Lipinski definition) is 1. The lowest BCUT2D eigenvalue weighted by atomic mass is 10.1. The minimum absolute atomic E-state index is 0.0147. The molecule has 0 bridgehead atoms. The lowest BCUT2D eigenvalue weighted by molar-refractivity contribution is 0.0582. The summed E-state index contributed by atoms with van der Waals surface area (Å²) in [6.45, 7) is 3.91. The van der Waals surface area contributed by atoms with Crippen molar-refractivity contribution in [3.63, 3.8) is 0 Å². The molecule has 8 heteroatoms. The second-order valence-electron chi connectivity index (χ2n) is 9.16. The first-order valence-electron chi connectivity index (χ1n) is 12.2. The molecule has 0 saturated carbocycles. The molecule has 36 heavy (non-hydrogen) atoms. The highest BCUT2D eigenvalue weighted by atomic mass is 32.1. The molecule has 2 aromatic carbocycles. The maximum absolute atomic E-state index is 14.0. The van der Waals surface area contributed by atoms with Crippen molar-refractivity contribution in [3.05, 3.63) is 89.2 Å². The van der Waals surface area contributed by atoms with Gasteiger partial charge in [-0.15, -0.1) is 11.3 Å². The number of para-hydroxylation sites is 1. The Hall–Kier alpha value is -3.65. The first-order chi connectivity index (χ1) is 17.5. The van der Waals surface area contributed by atoms with Crippen molar-refractivity contribution in [3.8, 4) is 0 Å². The van der Waals surface area contributed by atoms with Gasteiger partial charge < -0.3 is 19.7 Å². The zero-order valence-corrected chi connectivity index (χ0v) is 21.0. The van der Waals surface area contributed by atoms with Crippen LogP contribution in [0, 0.1) is 5.82 Å². The number of aryl methyl sites for hydroxylation is 2. The molecule has 3 amide bonds. The molecule has 1 atom stereocenters. The Labute approximate surface area is 213 Å². The van der Waals surface area contributed by atoms with Gasteiger partial charge in [-0.3, -0.25) is 4.79 Å². The monoisotopic (exact) mass is 504 g/mol. The molecule has 1 aliphatic heterocycles. The number of fused-ring (bicyclic) bond motifs is 1. The standard InChI is InChI=1S/C28H29FN4O2S/c1-20-19-31(15-16-32(20)28(35)30-24-12-6-5-11-23(24)29)26(34)25-18-22-13-17-36-27(22)33(25)14-7-10-21-8-3-2-4-9-21/h2-6,8-9,11-13,17-18,20H,7,10,14-16,19H2,1H3,(H,30,35)/t20-/m1/s1. The van der Waals surface area contributed by atoms with Crippen LogP contribution >= 0.6 is 11.3 Å². The number of urea groups is 1. The number of nitrogens with one attached hydrogen (secondary N) is 1. The third-order valence-corrected chi connectivity index (χ3v) is 7.65. The molecule has 0 unspecified atom stereocenters. The number of carbonyl (C=O) groups excluding carboxylic acids is 2. The van der Waals surface area contributed by atoms with Gasteiger partial charge >= 0.3 is 6.03 Å². The third kappa shape index (κ3) is 4.99. The molecule has 0 spiro atoms. The molecule has 5 rings (SSSR count). The summed E-state index contributed by atoms with van der Waals surface area (Å²) in [5, 5.41) is 5.79. The van der Waals surface area contributed by atoms with E-state index in [0.29, 0.717) is 25.3 Å². The number of aromatic nitrogens is 1. The number of carbonyl (C=O) groups is 2. The van der Waals surface area contributed by atoms with Crippen LogP contribution in [0.1, 0.15) is 29.4 Å². The van der Waals surface area contributed by atoms with Crippen molar-refractivity contribution in [2.75, 3.05) is 25.0 Å². The first kappa shape index (κ1) is 24.1. The van der Waals surface area contributed by atoms with E-state index in [0.717, 1.165) is 29.6 Å². The highest BCUT2D eigenvalue weighted by Crippen LogP contribution is 2.27. The number of benzene rings is 2. The molecule has 0 radical (unpaired) electrons. The average Bonchev–Trinajstić information content (AvgIpc) is 3.48. The highest BCUT2D eigenvalue weighted by Gasteiger charge is 2.32. The number of anilines is 1. The lowest BCUT2D eigenvalue weighted by Crippen LogP contribution is -2.56. The third-order valence-electron chi connectivity index (χ3n) is 6.70. The van der Waals surface area contributed by atoms with E-state index in [1.165, 1.54) is 17.7 Å². The molecule has 3 heterocycles. The predicted molar refractivity (Wildman–Crippen MR) is 142 cm³/mol. The Bertz CT molecular complexity index is 1370. The maximum Gasteiger partial charge on any atom is 0.322 e. The van der Waals surface area contributed by atoms with E-state index in [1.807, 2.05) is 24.0 Å². The fourth-order valence-corrected chi connectivity index (χ4v) is 5.74. The smallest absolute Gasteiger partial charge is 0.322 e. The van der Waals surface area contributed by atoms with Gasteiger partial charge in [0.15, 0.2) is 0 Å². The Kier molecular flexibility index (Phi) is 7.04. The summed E-state index contributed by atoms with van der Waals surface area (Å²) in [5.41, 5.74) is 2.14. The number of amides is 3. The molecule has 1 saturated heterocycles. The SMILES string of the molecule is C[C@@H]1CN(C(=O)c2cc3ccsc3n2CCCc2ccccc2)CCN1C(=O)Nc1ccccc1F. The molecule has 186 valence electrons. The summed E-state index contributed by atoms with van der Waals surface area (Å²) in [6.07, 6.45) is 1.89. The summed E-state index contributed by atoms with van der Waals surface area (Å²) < 4.78 is 16.1. The lowest BCUT2D eigenvalue weighted by Gasteiger charge is -2.39. The number of nitrogens with zero attached hydrogens (tertiary/aromatic N) is 3. The highest BCUT2D eigenvalue weighted by molar-refractivity contribution is 7.16. The number of piperazine rings is 1. The van der Waals surface area contributed by atoms with Gasteiger partial charge in [0.1, 0.15) is 16.3 Å². The van der Waals surface area contributed by atoms with Crippen molar-refractivity contribution >= 4 is 39.2 Å². The predicted octanol–water partition coefficient (Wildman–Crippen LogP) is 5.85. The molecule has 1 aliphatic rings. The Morgan fingerprint density at radius 2 is 1.83 bits per heavy atom. The van der Waals surface area contributed by atoms with Crippen LogP contribution in [0.25, 0.3) is 10.2 Å². The quantitative estimate of drug-likeness (QED) is 0.358. The van der Waals surface area contributed by atoms with E-state index in [9.17, 15) is 14.0 Å². The summed E-state index contributed by atoms with van der Waals surface area (Å²) >= 11 is 1.65. The molecule has 4 aromatic rings. The Morgan fingerprint density at radius 1 is 1.06 bits per heavy atom. The second-order valence-corrected chi connectivity index (χ2v) is 10.0. The van der Waals surface area contributed by atoms with E-state index in [2.05, 4.69) is 45.6 Å². The first-order valence-corrected chi connectivity index (χ1v) is 13.1. The molecule has 1 N–H and O–H groups in total. The van der Waals surface area contributed by atoms with Crippen LogP contribution in [-0.4, -0.2) is 52.0 Å². The van der Waals surface area contributed by atoms with Crippen LogP contribution in [0.2, 0.25) is 0 Å². The summed E-state index contributed by atoms with van der Waals surface area (Å²) in [4.78, 5) is 31.0. The van der Waals surface area contributed by atoms with Crippen LogP contribution in [0.15, 0.2) is 72.1 Å². The van der Waals surface area contributed by atoms with Crippen LogP contribution in [0.4, 0.5) is 14.9 Å². The van der Waals surface area contributed by atoms with Gasteiger partial charge in [-0.05, 0) is 55.0 Å². The summed E-state index contributed by atoms with van der Waals surface area (Å²) in [5.74, 6) is -0.487. The molecule has 6 nitrogen and oxygen atoms in total. The van der Waals surface area contributed by atoms with Crippen LogP contribution in [0.3, 0.4) is 0 Å². The molecular formula is C28H29FN4O2S. The van der Waals surface area contributed by atoms with E-state index < -0.39 is 5.82 Å². The van der Waals surface area contributed by atoms with Gasteiger partial charge in [-0.25, -0.2) is 9.18 Å². The number of halogens is 1. The minimum atomic E-state index is -0.472. The average molecular weight is 505 g/mol. The Morgan fingerprint density at radius 3 is 2.61 bits per heavy atom. The van der Waals surface area contributed by atoms with Gasteiger partial charge in [0, 0.05) is 37.6 Å². The van der Waals surface area contributed by atoms with Crippen molar-refractivity contribution in [2.24, 2.45) is 0 Å². The number of rotatable bonds is 6. The zero-order valence-electron chi connectivity index (χ0n) is 20.2. The van der Waals surface area contributed by atoms with E-state index in [-0.39, 0.29) is 23.7 Å². The summed E-state index contributed by atoms with van der Waals surface area (Å²) in [6, 6.07) is 20.0. The van der Waals surface area contributed by atoms with E-state index in [4.69, 9.17) is 0 Å². The summed E-state index contributed by atoms with van der Waals surface area (Å²) in [7, 11) is 0. The largest absolute Gasteiger partial charge is 0.334 e. The topological polar surface area (TPSA) is 57.6 Å². The van der Waals surface area contributed by atoms with Crippen LogP contribution in [-0.2, 0) is 13.0 Å². The molecule has 0 aliphatic carbocycles. The zero-order chi connectivity index (χ0) is 25.1. The van der Waals surface area contributed by atoms with E-state index in [1.54, 1.807) is 28.4 Å². The fourth-order valence-electron chi connectivity index (χ4n) is 4.82. The second kappa shape index (κ2) is 10.5. The normalized spacial score (nSPS) is 15.9. The number of hydrogen-bond acceptors (Lipinski definition) is 3. The molecule has 2 aromatic heterocycles. The van der Waals surface area contributed by atoms with E-state index >= 15 is 0 Å². The molecular weight excluding hydrogens is 475 g/mol. The van der Waals surface area contributed by atoms with Crippen LogP contribution in [0.5, 0.6) is 0 Å². The Balaban J connectivity index is 1.26. The van der Waals surface area contributed by atoms with Crippen molar-refractivity contribution in [1.82, 2.24) is 14.4 Å². The van der Waals surface area contributed by atoms with Crippen molar-refractivity contribution in [2.45, 2.75) is 32.4 Å². The van der Waals surface area contributed by atoms with Gasteiger partial charge in [-0.2, -0.15) is 0 Å². The maximum atomic E-state index is 14.0. The van der Waals surface area contributed by atoms with Crippen LogP contribution < -0.4 is 5.32 Å². The van der Waals surface area contributed by atoms with Crippen molar-refractivity contribution in [1.29, 1.82) is 0 Å². The fraction of sp³-hybridized carbons (Fsp3) is 0.286. The van der Waals surface area contributed by atoms with Gasteiger partial charge in [-0.1, -0.05) is 42.5 Å². The van der Waals surface area contributed by atoms with Crippen molar-refractivity contribution < 1.29 is 14.0 Å². The van der Waals surface area contributed by atoms with Gasteiger partial charge in [0.05, 0.1) is 5.69 Å². The minimum Gasteiger partial charge on any atom is -0.334 e.